The minimum atomic E-state index is 0.482. The summed E-state index contributed by atoms with van der Waals surface area (Å²) in [7, 11) is 2.17. The first kappa shape index (κ1) is 13.6. The normalized spacial score (nSPS) is 21.7. The number of benzene rings is 1. The van der Waals surface area contributed by atoms with Crippen molar-refractivity contribution in [1.29, 1.82) is 0 Å². The average Bonchev–Trinajstić information content (AvgIpc) is 2.50. The van der Waals surface area contributed by atoms with Crippen LogP contribution in [0, 0.1) is 0 Å². The van der Waals surface area contributed by atoms with Gasteiger partial charge >= 0.3 is 0 Å². The summed E-state index contributed by atoms with van der Waals surface area (Å²) in [4.78, 5) is 15.6. The molecule has 1 fully saturated rings. The van der Waals surface area contributed by atoms with E-state index in [1.807, 2.05) is 18.2 Å². The van der Waals surface area contributed by atoms with E-state index in [9.17, 15) is 4.79 Å². The summed E-state index contributed by atoms with van der Waals surface area (Å²) in [6.07, 6.45) is 2.05. The number of anilines is 1. The number of nitrogens with zero attached hydrogens (tertiary/aromatic N) is 2. The zero-order valence-electron chi connectivity index (χ0n) is 10.9. The molecule has 0 amide bonds. The molecule has 1 unspecified atom stereocenters. The summed E-state index contributed by atoms with van der Waals surface area (Å²) in [5.74, 6) is 0. The predicted octanol–water partition coefficient (Wildman–Crippen LogP) is 2.79. The molecule has 0 aliphatic carbocycles. The van der Waals surface area contributed by atoms with Crippen molar-refractivity contribution in [2.45, 2.75) is 19.4 Å². The Kier molecular flexibility index (Phi) is 4.40. The first-order valence-electron chi connectivity index (χ1n) is 6.31. The van der Waals surface area contributed by atoms with E-state index in [4.69, 9.17) is 0 Å². The van der Waals surface area contributed by atoms with Gasteiger partial charge in [0.25, 0.3) is 0 Å². The SMILES string of the molecule is CC1CN(C)CCCN1c1ccc(C=O)cc1Br. The summed E-state index contributed by atoms with van der Waals surface area (Å²) in [6.45, 7) is 5.53. The van der Waals surface area contributed by atoms with E-state index >= 15 is 0 Å². The van der Waals surface area contributed by atoms with Crippen LogP contribution in [0.3, 0.4) is 0 Å². The number of carbonyl (C=O) groups is 1. The fourth-order valence-electron chi connectivity index (χ4n) is 2.56. The lowest BCUT2D eigenvalue weighted by Crippen LogP contribution is -2.38. The quantitative estimate of drug-likeness (QED) is 0.785. The summed E-state index contributed by atoms with van der Waals surface area (Å²) in [5, 5.41) is 0. The van der Waals surface area contributed by atoms with Gasteiger partial charge in [0.15, 0.2) is 0 Å². The number of carbonyl (C=O) groups excluding carboxylic acids is 1. The molecule has 0 aromatic heterocycles. The highest BCUT2D eigenvalue weighted by molar-refractivity contribution is 9.10. The Labute approximate surface area is 117 Å². The molecular weight excluding hydrogens is 292 g/mol. The van der Waals surface area contributed by atoms with Gasteiger partial charge in [0.05, 0.1) is 5.69 Å². The van der Waals surface area contributed by atoms with Gasteiger partial charge in [-0.1, -0.05) is 0 Å². The summed E-state index contributed by atoms with van der Waals surface area (Å²) in [5.41, 5.74) is 1.90. The first-order valence-corrected chi connectivity index (χ1v) is 7.11. The van der Waals surface area contributed by atoms with Crippen LogP contribution in [0.2, 0.25) is 0 Å². The molecule has 1 aromatic rings. The van der Waals surface area contributed by atoms with Crippen LogP contribution in [-0.2, 0) is 0 Å². The lowest BCUT2D eigenvalue weighted by molar-refractivity contribution is 0.112. The molecule has 3 nitrogen and oxygen atoms in total. The van der Waals surface area contributed by atoms with E-state index in [1.165, 1.54) is 12.1 Å². The van der Waals surface area contributed by atoms with Crippen molar-refractivity contribution >= 4 is 27.9 Å². The van der Waals surface area contributed by atoms with E-state index in [0.717, 1.165) is 30.4 Å². The molecule has 1 heterocycles. The Morgan fingerprint density at radius 2 is 2.17 bits per heavy atom. The summed E-state index contributed by atoms with van der Waals surface area (Å²) >= 11 is 3.58. The van der Waals surface area contributed by atoms with Gasteiger partial charge in [-0.15, -0.1) is 0 Å². The van der Waals surface area contributed by atoms with Crippen LogP contribution in [-0.4, -0.2) is 43.9 Å². The molecule has 1 aromatic carbocycles. The van der Waals surface area contributed by atoms with Gasteiger partial charge in [-0.2, -0.15) is 0 Å². The van der Waals surface area contributed by atoms with Crippen LogP contribution in [0.1, 0.15) is 23.7 Å². The van der Waals surface area contributed by atoms with Crippen LogP contribution in [0.15, 0.2) is 22.7 Å². The second kappa shape index (κ2) is 5.85. The molecule has 18 heavy (non-hydrogen) atoms. The van der Waals surface area contributed by atoms with E-state index in [2.05, 4.69) is 39.7 Å². The minimum Gasteiger partial charge on any atom is -0.367 e. The molecule has 2 rings (SSSR count). The zero-order chi connectivity index (χ0) is 13.1. The lowest BCUT2D eigenvalue weighted by Gasteiger charge is -2.31. The molecule has 0 radical (unpaired) electrons. The van der Waals surface area contributed by atoms with Crippen molar-refractivity contribution in [2.75, 3.05) is 31.6 Å². The molecule has 4 heteroatoms. The highest BCUT2D eigenvalue weighted by atomic mass is 79.9. The second-order valence-electron chi connectivity index (χ2n) is 4.99. The second-order valence-corrected chi connectivity index (χ2v) is 5.84. The van der Waals surface area contributed by atoms with Crippen LogP contribution < -0.4 is 4.90 Å². The van der Waals surface area contributed by atoms with Crippen molar-refractivity contribution in [3.63, 3.8) is 0 Å². The molecule has 1 aliphatic rings. The molecule has 0 bridgehead atoms. The van der Waals surface area contributed by atoms with Crippen LogP contribution in [0.5, 0.6) is 0 Å². The largest absolute Gasteiger partial charge is 0.367 e. The highest BCUT2D eigenvalue weighted by Gasteiger charge is 2.21. The predicted molar refractivity (Wildman–Crippen MR) is 78.5 cm³/mol. The third-order valence-corrected chi connectivity index (χ3v) is 4.10. The van der Waals surface area contributed by atoms with E-state index < -0.39 is 0 Å². The fraction of sp³-hybridized carbons (Fsp3) is 0.500. The molecule has 1 aliphatic heterocycles. The number of hydrogen-bond donors (Lipinski definition) is 0. The maximum absolute atomic E-state index is 10.8. The molecule has 1 atom stereocenters. The van der Waals surface area contributed by atoms with Gasteiger partial charge < -0.3 is 9.80 Å². The summed E-state index contributed by atoms with van der Waals surface area (Å²) < 4.78 is 1.00. The molecule has 0 saturated carbocycles. The Balaban J connectivity index is 2.26. The lowest BCUT2D eigenvalue weighted by atomic mass is 10.1. The van der Waals surface area contributed by atoms with Gasteiger partial charge in [-0.3, -0.25) is 4.79 Å². The number of halogens is 1. The topological polar surface area (TPSA) is 23.6 Å². The maximum Gasteiger partial charge on any atom is 0.150 e. The summed E-state index contributed by atoms with van der Waals surface area (Å²) in [6, 6.07) is 6.30. The van der Waals surface area contributed by atoms with Crippen molar-refractivity contribution < 1.29 is 4.79 Å². The van der Waals surface area contributed by atoms with E-state index in [-0.39, 0.29) is 0 Å². The monoisotopic (exact) mass is 310 g/mol. The first-order chi connectivity index (χ1) is 8.61. The standard InChI is InChI=1S/C14H19BrN2O/c1-11-9-16(2)6-3-7-17(11)14-5-4-12(10-18)8-13(14)15/h4-5,8,10-11H,3,6-7,9H2,1-2H3. The smallest absolute Gasteiger partial charge is 0.150 e. The van der Waals surface area contributed by atoms with Gasteiger partial charge in [0.2, 0.25) is 0 Å². The molecular formula is C14H19BrN2O. The third-order valence-electron chi connectivity index (χ3n) is 3.46. The van der Waals surface area contributed by atoms with E-state index in [0.29, 0.717) is 11.6 Å². The Bertz CT molecular complexity index is 436. The highest BCUT2D eigenvalue weighted by Crippen LogP contribution is 2.29. The van der Waals surface area contributed by atoms with Crippen LogP contribution in [0.25, 0.3) is 0 Å². The van der Waals surface area contributed by atoms with Gasteiger partial charge in [0.1, 0.15) is 6.29 Å². The van der Waals surface area contributed by atoms with Crippen molar-refractivity contribution in [3.05, 3.63) is 28.2 Å². The number of hydrogen-bond acceptors (Lipinski definition) is 3. The van der Waals surface area contributed by atoms with Gasteiger partial charge in [0, 0.05) is 29.2 Å². The number of likely N-dealkylation sites (N-methyl/N-ethyl adjacent to an activating group) is 1. The van der Waals surface area contributed by atoms with Crippen LogP contribution in [0.4, 0.5) is 5.69 Å². The molecule has 0 N–H and O–H groups in total. The van der Waals surface area contributed by atoms with E-state index in [1.54, 1.807) is 0 Å². The minimum absolute atomic E-state index is 0.482. The van der Waals surface area contributed by atoms with Crippen molar-refractivity contribution in [1.82, 2.24) is 4.90 Å². The van der Waals surface area contributed by atoms with Crippen LogP contribution >= 0.6 is 15.9 Å². The Hall–Kier alpha value is -0.870. The Morgan fingerprint density at radius 3 is 2.83 bits per heavy atom. The Morgan fingerprint density at radius 1 is 1.39 bits per heavy atom. The third kappa shape index (κ3) is 2.93. The zero-order valence-corrected chi connectivity index (χ0v) is 12.5. The molecule has 0 spiro atoms. The molecule has 98 valence electrons. The van der Waals surface area contributed by atoms with Crippen molar-refractivity contribution in [2.24, 2.45) is 0 Å². The van der Waals surface area contributed by atoms with Crippen molar-refractivity contribution in [3.8, 4) is 0 Å². The number of rotatable bonds is 2. The average molecular weight is 311 g/mol. The molecule has 1 saturated heterocycles. The maximum atomic E-state index is 10.8. The fourth-order valence-corrected chi connectivity index (χ4v) is 3.18. The van der Waals surface area contributed by atoms with Gasteiger partial charge in [-0.05, 0) is 61.1 Å². The number of aldehydes is 1. The van der Waals surface area contributed by atoms with Gasteiger partial charge in [-0.25, -0.2) is 0 Å².